The maximum Gasteiger partial charge on any atom is 0.328 e. The average Bonchev–Trinajstić information content (AvgIpc) is 3.47. The van der Waals surface area contributed by atoms with Crippen LogP contribution in [0.4, 0.5) is 0 Å². The fourth-order valence-corrected chi connectivity index (χ4v) is 5.55. The third-order valence-corrected chi connectivity index (χ3v) is 7.90. The van der Waals surface area contributed by atoms with E-state index in [0.29, 0.717) is 0 Å². The van der Waals surface area contributed by atoms with Crippen molar-refractivity contribution in [3.8, 4) is 0 Å². The van der Waals surface area contributed by atoms with Crippen molar-refractivity contribution < 1.29 is 32.7 Å². The molecule has 3 aromatic rings. The average molecular weight is 598 g/mol. The van der Waals surface area contributed by atoms with Crippen molar-refractivity contribution in [2.45, 2.75) is 32.4 Å². The lowest BCUT2D eigenvalue weighted by molar-refractivity contribution is -0.131. The molecule has 0 radical (unpaired) electrons. The second kappa shape index (κ2) is 14.8. The maximum absolute atomic E-state index is 12.5. The van der Waals surface area contributed by atoms with E-state index in [1.807, 2.05) is 12.1 Å². The summed E-state index contributed by atoms with van der Waals surface area (Å²) in [6.07, 6.45) is 3.73. The molecule has 2 heterocycles. The number of hydrogen-bond donors (Lipinski definition) is 3. The summed E-state index contributed by atoms with van der Waals surface area (Å²) in [5.41, 5.74) is 1.27. The van der Waals surface area contributed by atoms with Crippen molar-refractivity contribution >= 4 is 39.8 Å². The number of nitrogens with zero attached hydrogens (tertiary/aromatic N) is 4. The van der Waals surface area contributed by atoms with Crippen molar-refractivity contribution in [2.24, 2.45) is 5.92 Å². The molecule has 0 aliphatic carbocycles. The van der Waals surface area contributed by atoms with Gasteiger partial charge in [-0.25, -0.2) is 9.10 Å². The first kappa shape index (κ1) is 31.0. The van der Waals surface area contributed by atoms with Crippen molar-refractivity contribution in [1.29, 1.82) is 0 Å². The van der Waals surface area contributed by atoms with Crippen LogP contribution in [0.15, 0.2) is 59.0 Å². The zero-order valence-corrected chi connectivity index (χ0v) is 23.9. The minimum Gasteiger partial charge on any atom is -0.760 e. The zero-order chi connectivity index (χ0) is 30.1. The number of carboxylic acids is 1. The number of carboxylic acid groups (broad SMARTS) is 1. The lowest BCUT2D eigenvalue weighted by Gasteiger charge is -2.38. The number of amides is 2. The van der Waals surface area contributed by atoms with Gasteiger partial charge >= 0.3 is 17.8 Å². The summed E-state index contributed by atoms with van der Waals surface area (Å²) in [4.78, 5) is 37.3. The second-order valence-corrected chi connectivity index (χ2v) is 10.9. The van der Waals surface area contributed by atoms with Crippen LogP contribution in [0.5, 0.6) is 0 Å². The number of likely N-dealkylation sites (tertiary alicyclic amines) is 1. The van der Waals surface area contributed by atoms with Crippen molar-refractivity contribution in [3.05, 3.63) is 72.0 Å². The lowest BCUT2D eigenvalue weighted by Crippen LogP contribution is -2.43. The highest BCUT2D eigenvalue weighted by atomic mass is 32.2. The topological polar surface area (TPSA) is 181 Å². The normalized spacial score (nSPS) is 16.1. The minimum absolute atomic E-state index is 0.0444. The Kier molecular flexibility index (Phi) is 10.9. The highest BCUT2D eigenvalue weighted by Gasteiger charge is 2.26. The Morgan fingerprint density at radius 1 is 1.17 bits per heavy atom. The fourth-order valence-electron chi connectivity index (χ4n) is 4.99. The van der Waals surface area contributed by atoms with Gasteiger partial charge in [-0.3, -0.25) is 18.7 Å². The van der Waals surface area contributed by atoms with Crippen LogP contribution in [0.1, 0.15) is 47.9 Å². The Morgan fingerprint density at radius 3 is 2.64 bits per heavy atom. The van der Waals surface area contributed by atoms with Crippen LogP contribution in [-0.2, 0) is 27.4 Å². The Hall–Kier alpha value is -3.98. The first-order valence-corrected chi connectivity index (χ1v) is 14.6. The third kappa shape index (κ3) is 8.52. The zero-order valence-electron chi connectivity index (χ0n) is 23.1. The molecule has 224 valence electrons. The summed E-state index contributed by atoms with van der Waals surface area (Å²) in [5, 5.41) is 23.2. The smallest absolute Gasteiger partial charge is 0.328 e. The molecule has 1 aromatic heterocycles. The van der Waals surface area contributed by atoms with Gasteiger partial charge in [0.1, 0.15) is 0 Å². The molecule has 1 aliphatic rings. The summed E-state index contributed by atoms with van der Waals surface area (Å²) >= 11 is -2.58. The van der Waals surface area contributed by atoms with Crippen LogP contribution in [0.3, 0.4) is 0 Å². The molecule has 14 heteroatoms. The van der Waals surface area contributed by atoms with Gasteiger partial charge in [0.25, 0.3) is 0 Å². The molecule has 0 spiro atoms. The Balaban J connectivity index is 1.22. The summed E-state index contributed by atoms with van der Waals surface area (Å²) in [7, 11) is 0. The van der Waals surface area contributed by atoms with Gasteiger partial charge in [0, 0.05) is 36.5 Å². The van der Waals surface area contributed by atoms with E-state index in [2.05, 4.69) is 63.0 Å². The molecule has 3 N–H and O–H groups in total. The molecule has 4 rings (SSSR count). The molecule has 42 heavy (non-hydrogen) atoms. The number of fused-ring (bicyclic) bond motifs is 1. The number of aliphatic carboxylic acids is 1. The predicted molar refractivity (Wildman–Crippen MR) is 152 cm³/mol. The number of nitrogens with one attached hydrogen (secondary N) is 2. The number of benzene rings is 2. The van der Waals surface area contributed by atoms with Gasteiger partial charge in [-0.1, -0.05) is 48.5 Å². The van der Waals surface area contributed by atoms with Gasteiger partial charge in [0.05, 0.1) is 13.1 Å². The number of aromatic nitrogens is 2. The first-order valence-electron chi connectivity index (χ1n) is 13.5. The second-order valence-electron chi connectivity index (χ2n) is 9.99. The molecule has 2 unspecified atom stereocenters. The fraction of sp³-hybridized carbons (Fsp3) is 0.393. The van der Waals surface area contributed by atoms with E-state index >= 15 is 0 Å². The minimum atomic E-state index is -2.58. The molecule has 1 aliphatic heterocycles. The molecule has 2 aromatic carbocycles. The number of piperidine rings is 1. The quantitative estimate of drug-likeness (QED) is 0.194. The SMILES string of the molecule is CC(c1cccc2ccccc12)N1CCC(CN(CC(=O)NCc2nnc(C(=O)NC/C=C/C(=O)O)o2)S(=O)[O-])CC1. The van der Waals surface area contributed by atoms with Gasteiger partial charge in [-0.05, 0) is 55.1 Å². The van der Waals surface area contributed by atoms with Crippen molar-refractivity contribution in [3.63, 3.8) is 0 Å². The van der Waals surface area contributed by atoms with Gasteiger partial charge in [-0.2, -0.15) is 0 Å². The highest BCUT2D eigenvalue weighted by molar-refractivity contribution is 7.76. The van der Waals surface area contributed by atoms with E-state index in [0.717, 1.165) is 36.3 Å². The molecule has 0 bridgehead atoms. The van der Waals surface area contributed by atoms with Crippen LogP contribution in [0.2, 0.25) is 0 Å². The first-order chi connectivity index (χ1) is 20.2. The van der Waals surface area contributed by atoms with E-state index < -0.39 is 29.1 Å². The van der Waals surface area contributed by atoms with Gasteiger partial charge in [0.2, 0.25) is 11.8 Å². The summed E-state index contributed by atoms with van der Waals surface area (Å²) in [6, 6.07) is 14.9. The lowest BCUT2D eigenvalue weighted by atomic mass is 9.93. The van der Waals surface area contributed by atoms with E-state index in [9.17, 15) is 23.1 Å². The summed E-state index contributed by atoms with van der Waals surface area (Å²) in [6.45, 7) is 3.48. The molecule has 2 atom stereocenters. The van der Waals surface area contributed by atoms with Gasteiger partial charge < -0.3 is 24.7 Å². The van der Waals surface area contributed by atoms with Crippen LogP contribution in [0.25, 0.3) is 10.8 Å². The number of carbonyl (C=O) groups excluding carboxylic acids is 2. The molecule has 1 fully saturated rings. The van der Waals surface area contributed by atoms with E-state index in [-0.39, 0.29) is 49.9 Å². The Labute approximate surface area is 245 Å². The Morgan fingerprint density at radius 2 is 1.90 bits per heavy atom. The Bertz CT molecular complexity index is 1450. The number of carbonyl (C=O) groups is 3. The molecule has 0 saturated carbocycles. The number of rotatable bonds is 13. The van der Waals surface area contributed by atoms with E-state index in [1.54, 1.807) is 0 Å². The van der Waals surface area contributed by atoms with Gasteiger partial charge in [-0.15, -0.1) is 10.2 Å². The largest absolute Gasteiger partial charge is 0.760 e. The molecular formula is C28H33N6O7S-. The third-order valence-electron chi connectivity index (χ3n) is 7.20. The van der Waals surface area contributed by atoms with Crippen molar-refractivity contribution in [1.82, 2.24) is 30.0 Å². The van der Waals surface area contributed by atoms with E-state index in [1.165, 1.54) is 22.4 Å². The van der Waals surface area contributed by atoms with Crippen LogP contribution < -0.4 is 10.6 Å². The van der Waals surface area contributed by atoms with Gasteiger partial charge in [0.15, 0.2) is 0 Å². The van der Waals surface area contributed by atoms with Crippen LogP contribution in [0, 0.1) is 5.92 Å². The summed E-state index contributed by atoms with van der Waals surface area (Å²) in [5.74, 6) is -2.69. The standard InChI is InChI=1S/C28H34N6O7S/c1-19(22-9-4-7-21-6-2-3-8-23(21)22)33-14-11-20(12-15-33)17-34(42(39)40)18-24(35)30-16-25-31-32-28(41-25)27(38)29-13-5-10-26(36)37/h2-10,19-20H,11-18H2,1H3,(H,29,38)(H,30,35)(H,36,37)(H,39,40)/p-1/b10-5+. The monoisotopic (exact) mass is 597 g/mol. The van der Waals surface area contributed by atoms with Crippen molar-refractivity contribution in [2.75, 3.05) is 32.7 Å². The predicted octanol–water partition coefficient (Wildman–Crippen LogP) is 1.78. The highest BCUT2D eigenvalue weighted by Crippen LogP contribution is 2.31. The van der Waals surface area contributed by atoms with E-state index in [4.69, 9.17) is 9.52 Å². The maximum atomic E-state index is 12.5. The molecule has 1 saturated heterocycles. The number of hydrogen-bond acceptors (Lipinski definition) is 9. The molecular weight excluding hydrogens is 564 g/mol. The van der Waals surface area contributed by atoms with Crippen LogP contribution >= 0.6 is 0 Å². The van der Waals surface area contributed by atoms with Crippen LogP contribution in [-0.4, -0.2) is 83.8 Å². The molecule has 13 nitrogen and oxygen atoms in total. The molecule has 2 amide bonds. The summed E-state index contributed by atoms with van der Waals surface area (Å²) < 4.78 is 30.1.